The fourth-order valence-electron chi connectivity index (χ4n) is 7.65. The summed E-state index contributed by atoms with van der Waals surface area (Å²) in [5.74, 6) is -0.999. The van der Waals surface area contributed by atoms with Crippen molar-refractivity contribution in [3.05, 3.63) is 55.2 Å². The Labute approximate surface area is 382 Å². The highest BCUT2D eigenvalue weighted by Crippen LogP contribution is 2.45. The van der Waals surface area contributed by atoms with E-state index in [1.807, 2.05) is 0 Å². The molecule has 17 heteroatoms. The van der Waals surface area contributed by atoms with Crippen LogP contribution in [-0.2, 0) is 37.4 Å². The van der Waals surface area contributed by atoms with E-state index in [-0.39, 0.29) is 31.4 Å². The molecule has 0 radical (unpaired) electrons. The number of esters is 2. The maximum Gasteiger partial charge on any atom is 0.472 e. The summed E-state index contributed by atoms with van der Waals surface area (Å²) < 4.78 is 41.5. The number of rotatable bonds is 40. The van der Waals surface area contributed by atoms with E-state index in [4.69, 9.17) is 28.8 Å². The lowest BCUT2D eigenvalue weighted by Crippen LogP contribution is -2.33. The van der Waals surface area contributed by atoms with Crippen LogP contribution in [0.4, 0.5) is 0 Å². The first-order valence-electron chi connectivity index (χ1n) is 24.6. The third-order valence-corrected chi connectivity index (χ3v) is 12.5. The van der Waals surface area contributed by atoms with Gasteiger partial charge in [-0.2, -0.15) is 0 Å². The molecule has 5 atom stereocenters. The molecular formula is C47H82N5O11P. The first-order valence-corrected chi connectivity index (χ1v) is 26.1. The fraction of sp³-hybridized carbons (Fsp3) is 0.830. The van der Waals surface area contributed by atoms with Crippen LogP contribution in [0.1, 0.15) is 212 Å². The third-order valence-electron chi connectivity index (χ3n) is 11.5. The number of aromatic amines is 1. The number of ether oxygens (including phenoxy) is 3. The summed E-state index contributed by atoms with van der Waals surface area (Å²) >= 11 is 0. The SMILES string of the molecule is CCCCCCCC/C=C\CCCCCCCC(=O)O[C@H](COC(=O)CCCCCCCCCCCCCCC)COP(=O)(O)OCC1OC(n2cc(C)c(=O)[nH]c2=O)CC1N=[N+]=[N-]. The fourth-order valence-corrected chi connectivity index (χ4v) is 8.42. The number of nitrogens with one attached hydrogen (secondary N) is 1. The lowest BCUT2D eigenvalue weighted by molar-refractivity contribution is -0.161. The minimum Gasteiger partial charge on any atom is -0.462 e. The summed E-state index contributed by atoms with van der Waals surface area (Å²) in [5, 5.41) is 3.70. The Morgan fingerprint density at radius 2 is 1.31 bits per heavy atom. The normalized spacial score (nSPS) is 17.6. The molecule has 4 unspecified atom stereocenters. The second-order valence-corrected chi connectivity index (χ2v) is 18.8. The van der Waals surface area contributed by atoms with Gasteiger partial charge < -0.3 is 19.1 Å². The van der Waals surface area contributed by atoms with Gasteiger partial charge in [0.05, 0.1) is 25.4 Å². The molecule has 1 aliphatic heterocycles. The second kappa shape index (κ2) is 35.9. The Morgan fingerprint density at radius 1 is 0.812 bits per heavy atom. The van der Waals surface area contributed by atoms with Crippen LogP contribution in [0.3, 0.4) is 0 Å². The van der Waals surface area contributed by atoms with Gasteiger partial charge in [-0.25, -0.2) is 9.36 Å². The number of unbranched alkanes of at least 4 members (excludes halogenated alkanes) is 23. The van der Waals surface area contributed by atoms with E-state index in [2.05, 4.69) is 41.0 Å². The zero-order chi connectivity index (χ0) is 46.7. The number of phosphoric acid groups is 1. The monoisotopic (exact) mass is 924 g/mol. The Kier molecular flexibility index (Phi) is 31.9. The van der Waals surface area contributed by atoms with E-state index in [9.17, 15) is 28.6 Å². The summed E-state index contributed by atoms with van der Waals surface area (Å²) in [4.78, 5) is 65.4. The van der Waals surface area contributed by atoms with Gasteiger partial charge in [0.1, 0.15) is 12.8 Å². The van der Waals surface area contributed by atoms with Gasteiger partial charge in [-0.05, 0) is 51.0 Å². The van der Waals surface area contributed by atoms with E-state index >= 15 is 0 Å². The predicted molar refractivity (Wildman–Crippen MR) is 250 cm³/mol. The lowest BCUT2D eigenvalue weighted by Gasteiger charge is -2.21. The number of hydrogen-bond acceptors (Lipinski definition) is 11. The Bertz CT molecular complexity index is 1660. The molecule has 0 saturated carbocycles. The number of aromatic nitrogens is 2. The number of carbonyl (C=O) groups is 2. The van der Waals surface area contributed by atoms with E-state index < -0.39 is 68.7 Å². The average Bonchev–Trinajstić information content (AvgIpc) is 3.67. The summed E-state index contributed by atoms with van der Waals surface area (Å²) in [6, 6.07) is -0.881. The van der Waals surface area contributed by atoms with Gasteiger partial charge in [0.15, 0.2) is 6.10 Å². The quantitative estimate of drug-likeness (QED) is 0.0120. The van der Waals surface area contributed by atoms with Gasteiger partial charge in [-0.3, -0.25) is 33.0 Å². The third kappa shape index (κ3) is 27.3. The van der Waals surface area contributed by atoms with E-state index in [1.165, 1.54) is 109 Å². The number of H-pyrrole nitrogens is 1. The topological polar surface area (TPSA) is 221 Å². The highest BCUT2D eigenvalue weighted by Gasteiger charge is 2.38. The standard InChI is InChI=1S/C47H82N5O11P/c1-4-6-8-10-12-14-16-18-19-21-23-25-27-29-31-33-45(54)62-40(36-59-44(53)32-30-28-26-24-22-20-17-15-13-11-9-7-5-2)37-60-64(57,58)61-38-42-41(50-51-48)34-43(63-42)52-35-39(3)46(55)49-47(52)56/h18-19,35,40-43H,4-17,20-34,36-38H2,1-3H3,(H,57,58)(H,49,55,56)/b19-18-/t40-,41?,42?,43?/m1/s1. The molecule has 1 aromatic heterocycles. The van der Waals surface area contributed by atoms with Crippen LogP contribution in [0.15, 0.2) is 33.1 Å². The summed E-state index contributed by atoms with van der Waals surface area (Å²) in [7, 11) is -4.82. The molecule has 366 valence electrons. The summed E-state index contributed by atoms with van der Waals surface area (Å²) in [6.07, 6.45) is 33.0. The van der Waals surface area contributed by atoms with Crippen molar-refractivity contribution in [1.82, 2.24) is 9.55 Å². The van der Waals surface area contributed by atoms with Gasteiger partial charge >= 0.3 is 25.5 Å². The Balaban J connectivity index is 1.82. The van der Waals surface area contributed by atoms with Crippen LogP contribution in [0.25, 0.3) is 10.4 Å². The van der Waals surface area contributed by atoms with Crippen LogP contribution in [0, 0.1) is 6.92 Å². The molecule has 1 aromatic rings. The molecule has 2 rings (SSSR count). The van der Waals surface area contributed by atoms with Gasteiger partial charge in [0, 0.05) is 35.9 Å². The smallest absolute Gasteiger partial charge is 0.462 e. The molecule has 2 N–H and O–H groups in total. The molecule has 1 saturated heterocycles. The molecule has 1 fully saturated rings. The van der Waals surface area contributed by atoms with Crippen LogP contribution in [0.2, 0.25) is 0 Å². The van der Waals surface area contributed by atoms with E-state index in [0.717, 1.165) is 62.4 Å². The molecule has 0 amide bonds. The van der Waals surface area contributed by atoms with E-state index in [1.54, 1.807) is 0 Å². The van der Waals surface area contributed by atoms with Crippen molar-refractivity contribution in [2.45, 2.75) is 231 Å². The molecule has 2 heterocycles. The van der Waals surface area contributed by atoms with Crippen molar-refractivity contribution >= 4 is 19.8 Å². The maximum atomic E-state index is 13.0. The van der Waals surface area contributed by atoms with Crippen molar-refractivity contribution in [1.29, 1.82) is 0 Å². The lowest BCUT2D eigenvalue weighted by atomic mass is 10.0. The predicted octanol–water partition coefficient (Wildman–Crippen LogP) is 11.9. The summed E-state index contributed by atoms with van der Waals surface area (Å²) in [5.41, 5.74) is 8.08. The number of aryl methyl sites for hydroxylation is 1. The molecule has 64 heavy (non-hydrogen) atoms. The molecule has 0 aromatic carbocycles. The van der Waals surface area contributed by atoms with Gasteiger partial charge in [-0.15, -0.1) is 0 Å². The molecule has 16 nitrogen and oxygen atoms in total. The van der Waals surface area contributed by atoms with Crippen LogP contribution in [0.5, 0.6) is 0 Å². The molecule has 0 bridgehead atoms. The molecule has 1 aliphatic rings. The Hall–Kier alpha value is -3.26. The Morgan fingerprint density at radius 3 is 1.84 bits per heavy atom. The second-order valence-electron chi connectivity index (χ2n) is 17.3. The minimum absolute atomic E-state index is 0.0272. The number of azide groups is 1. The number of hydrogen-bond donors (Lipinski definition) is 2. The number of allylic oxidation sites excluding steroid dienone is 2. The number of carbonyl (C=O) groups excluding carboxylic acids is 2. The van der Waals surface area contributed by atoms with Crippen molar-refractivity contribution in [3.8, 4) is 0 Å². The van der Waals surface area contributed by atoms with Crippen molar-refractivity contribution < 1.29 is 42.3 Å². The highest BCUT2D eigenvalue weighted by atomic mass is 31.2. The van der Waals surface area contributed by atoms with E-state index in [0.29, 0.717) is 12.8 Å². The zero-order valence-corrected chi connectivity index (χ0v) is 40.3. The summed E-state index contributed by atoms with van der Waals surface area (Å²) in [6.45, 7) is 4.46. The van der Waals surface area contributed by atoms with Gasteiger partial charge in [-0.1, -0.05) is 160 Å². The van der Waals surface area contributed by atoms with Crippen LogP contribution < -0.4 is 11.2 Å². The van der Waals surface area contributed by atoms with Crippen molar-refractivity contribution in [2.75, 3.05) is 19.8 Å². The number of phosphoric ester groups is 1. The van der Waals surface area contributed by atoms with Crippen molar-refractivity contribution in [2.24, 2.45) is 5.11 Å². The van der Waals surface area contributed by atoms with Crippen LogP contribution in [-0.4, -0.2) is 64.5 Å². The molecular weight excluding hydrogens is 842 g/mol. The average molecular weight is 924 g/mol. The minimum atomic E-state index is -4.82. The maximum absolute atomic E-state index is 13.0. The molecule has 0 aliphatic carbocycles. The van der Waals surface area contributed by atoms with Gasteiger partial charge in [0.2, 0.25) is 0 Å². The highest BCUT2D eigenvalue weighted by molar-refractivity contribution is 7.47. The first kappa shape index (κ1) is 56.9. The van der Waals surface area contributed by atoms with Gasteiger partial charge in [0.25, 0.3) is 5.56 Å². The van der Waals surface area contributed by atoms with Crippen LogP contribution >= 0.6 is 7.82 Å². The molecule has 0 spiro atoms. The largest absolute Gasteiger partial charge is 0.472 e. The van der Waals surface area contributed by atoms with Crippen molar-refractivity contribution in [3.63, 3.8) is 0 Å². The zero-order valence-electron chi connectivity index (χ0n) is 39.4. The first-order chi connectivity index (χ1) is 31.0. The number of nitrogens with zero attached hydrogens (tertiary/aromatic N) is 4.